The van der Waals surface area contributed by atoms with Crippen molar-refractivity contribution < 1.29 is 9.90 Å². The van der Waals surface area contributed by atoms with Crippen LogP contribution in [0.15, 0.2) is 48.1 Å². The van der Waals surface area contributed by atoms with Crippen LogP contribution in [0.2, 0.25) is 0 Å². The van der Waals surface area contributed by atoms with Crippen molar-refractivity contribution >= 4 is 17.2 Å². The average Bonchev–Trinajstić information content (AvgIpc) is 3.23. The maximum absolute atomic E-state index is 12.3. The molecule has 1 unspecified atom stereocenters. The van der Waals surface area contributed by atoms with Crippen LogP contribution in [0.3, 0.4) is 0 Å². The molecular formula is C17H18N4O2S. The number of hydrogen-bond donors (Lipinski definition) is 2. The summed E-state index contributed by atoms with van der Waals surface area (Å²) in [5, 5.41) is 19.8. The first-order valence-electron chi connectivity index (χ1n) is 7.46. The van der Waals surface area contributed by atoms with Gasteiger partial charge in [-0.3, -0.25) is 9.48 Å². The Morgan fingerprint density at radius 1 is 1.38 bits per heavy atom. The Bertz CT molecular complexity index is 839. The van der Waals surface area contributed by atoms with Crippen LogP contribution >= 0.6 is 11.3 Å². The van der Waals surface area contributed by atoms with Crippen LogP contribution in [0.1, 0.15) is 23.0 Å². The second kappa shape index (κ2) is 6.54. The number of nitrogens with zero attached hydrogens (tertiary/aromatic N) is 3. The second-order valence-corrected chi connectivity index (χ2v) is 6.62. The molecule has 0 fully saturated rings. The molecule has 0 aliphatic heterocycles. The van der Waals surface area contributed by atoms with Crippen LogP contribution in [-0.4, -0.2) is 32.3 Å². The summed E-state index contributed by atoms with van der Waals surface area (Å²) >= 11 is 1.42. The van der Waals surface area contributed by atoms with Crippen molar-refractivity contribution in [3.05, 3.63) is 59.4 Å². The second-order valence-electron chi connectivity index (χ2n) is 5.76. The van der Waals surface area contributed by atoms with E-state index in [4.69, 9.17) is 0 Å². The van der Waals surface area contributed by atoms with Crippen LogP contribution in [0, 0.1) is 0 Å². The standard InChI is InChI=1S/C17H18N4O2S/c1-17(23,13-8-19-21(2)9-13)11-18-15(22)14-10-24-16(20-14)12-6-4-3-5-7-12/h3-10,23H,11H2,1-2H3,(H,18,22). The number of rotatable bonds is 5. The van der Waals surface area contributed by atoms with E-state index in [2.05, 4.69) is 15.4 Å². The van der Waals surface area contributed by atoms with E-state index >= 15 is 0 Å². The molecule has 0 bridgehead atoms. The quantitative estimate of drug-likeness (QED) is 0.745. The minimum Gasteiger partial charge on any atom is -0.383 e. The Labute approximate surface area is 143 Å². The lowest BCUT2D eigenvalue weighted by molar-refractivity contribution is 0.0524. The Morgan fingerprint density at radius 3 is 2.79 bits per heavy atom. The van der Waals surface area contributed by atoms with E-state index in [1.165, 1.54) is 11.3 Å². The van der Waals surface area contributed by atoms with E-state index in [-0.39, 0.29) is 12.5 Å². The molecule has 1 amide bonds. The number of aliphatic hydroxyl groups is 1. The molecule has 2 aromatic heterocycles. The third-order valence-electron chi connectivity index (χ3n) is 3.68. The van der Waals surface area contributed by atoms with Gasteiger partial charge < -0.3 is 10.4 Å². The minimum atomic E-state index is -1.19. The molecule has 7 heteroatoms. The number of amides is 1. The highest BCUT2D eigenvalue weighted by Gasteiger charge is 2.26. The average molecular weight is 342 g/mol. The molecule has 2 heterocycles. The molecule has 0 aliphatic rings. The molecule has 3 rings (SSSR count). The molecular weight excluding hydrogens is 324 g/mol. The van der Waals surface area contributed by atoms with Crippen LogP contribution < -0.4 is 5.32 Å². The lowest BCUT2D eigenvalue weighted by atomic mass is 10.00. The zero-order valence-corrected chi connectivity index (χ0v) is 14.2. The first-order valence-corrected chi connectivity index (χ1v) is 8.34. The van der Waals surface area contributed by atoms with Crippen molar-refractivity contribution in [2.75, 3.05) is 6.54 Å². The highest BCUT2D eigenvalue weighted by molar-refractivity contribution is 7.13. The van der Waals surface area contributed by atoms with Gasteiger partial charge in [-0.05, 0) is 6.92 Å². The van der Waals surface area contributed by atoms with Gasteiger partial charge in [-0.2, -0.15) is 5.10 Å². The van der Waals surface area contributed by atoms with Gasteiger partial charge in [0.15, 0.2) is 0 Å². The predicted molar refractivity (Wildman–Crippen MR) is 92.7 cm³/mol. The van der Waals surface area contributed by atoms with Crippen molar-refractivity contribution in [2.24, 2.45) is 7.05 Å². The third-order valence-corrected chi connectivity index (χ3v) is 4.57. The number of benzene rings is 1. The minimum absolute atomic E-state index is 0.0791. The smallest absolute Gasteiger partial charge is 0.270 e. The highest BCUT2D eigenvalue weighted by Crippen LogP contribution is 2.23. The Balaban J connectivity index is 1.66. The number of carbonyl (C=O) groups is 1. The molecule has 1 aromatic carbocycles. The summed E-state index contributed by atoms with van der Waals surface area (Å²) in [6.07, 6.45) is 3.31. The monoisotopic (exact) mass is 342 g/mol. The zero-order chi connectivity index (χ0) is 17.2. The third kappa shape index (κ3) is 3.52. The summed E-state index contributed by atoms with van der Waals surface area (Å²) in [5.41, 5.74) is 0.778. The molecule has 6 nitrogen and oxygen atoms in total. The van der Waals surface area contributed by atoms with Crippen molar-refractivity contribution in [1.82, 2.24) is 20.1 Å². The molecule has 0 saturated heterocycles. The first kappa shape index (κ1) is 16.4. The van der Waals surface area contributed by atoms with E-state index in [1.807, 2.05) is 30.3 Å². The number of nitrogens with one attached hydrogen (secondary N) is 1. The summed E-state index contributed by atoms with van der Waals surface area (Å²) in [7, 11) is 1.78. The predicted octanol–water partition coefficient (Wildman–Crippen LogP) is 2.18. The summed E-state index contributed by atoms with van der Waals surface area (Å²) in [5.74, 6) is -0.308. The molecule has 3 aromatic rings. The van der Waals surface area contributed by atoms with Gasteiger partial charge in [-0.1, -0.05) is 30.3 Å². The van der Waals surface area contributed by atoms with Gasteiger partial charge in [0.05, 0.1) is 12.7 Å². The maximum Gasteiger partial charge on any atom is 0.270 e. The first-order chi connectivity index (χ1) is 11.5. The number of aryl methyl sites for hydroxylation is 1. The largest absolute Gasteiger partial charge is 0.383 e. The topological polar surface area (TPSA) is 80.0 Å². The SMILES string of the molecule is Cn1cc(C(C)(O)CNC(=O)c2csc(-c3ccccc3)n2)cn1. The lowest BCUT2D eigenvalue weighted by Crippen LogP contribution is -2.38. The molecule has 124 valence electrons. The summed E-state index contributed by atoms with van der Waals surface area (Å²) in [4.78, 5) is 16.6. The Hall–Kier alpha value is -2.51. The van der Waals surface area contributed by atoms with E-state index in [0.29, 0.717) is 11.3 Å². The van der Waals surface area contributed by atoms with Gasteiger partial charge in [-0.15, -0.1) is 11.3 Å². The van der Waals surface area contributed by atoms with Crippen molar-refractivity contribution in [3.8, 4) is 10.6 Å². The van der Waals surface area contributed by atoms with Gasteiger partial charge in [0.2, 0.25) is 0 Å². The van der Waals surface area contributed by atoms with Gasteiger partial charge >= 0.3 is 0 Å². The van der Waals surface area contributed by atoms with E-state index in [9.17, 15) is 9.90 Å². The molecule has 0 saturated carbocycles. The highest BCUT2D eigenvalue weighted by atomic mass is 32.1. The number of hydrogen-bond acceptors (Lipinski definition) is 5. The Kier molecular flexibility index (Phi) is 4.46. The number of carbonyl (C=O) groups excluding carboxylic acids is 1. The van der Waals surface area contributed by atoms with E-state index < -0.39 is 5.60 Å². The maximum atomic E-state index is 12.3. The molecule has 1 atom stereocenters. The fraction of sp³-hybridized carbons (Fsp3) is 0.235. The van der Waals surface area contributed by atoms with Gasteiger partial charge in [0.25, 0.3) is 5.91 Å². The fourth-order valence-electron chi connectivity index (χ4n) is 2.24. The molecule has 2 N–H and O–H groups in total. The zero-order valence-electron chi connectivity index (χ0n) is 13.4. The Morgan fingerprint density at radius 2 is 2.12 bits per heavy atom. The molecule has 0 aliphatic carbocycles. The summed E-state index contributed by atoms with van der Waals surface area (Å²) < 4.78 is 1.61. The van der Waals surface area contributed by atoms with Gasteiger partial charge in [-0.25, -0.2) is 4.98 Å². The molecule has 0 spiro atoms. The fourth-order valence-corrected chi connectivity index (χ4v) is 3.04. The lowest BCUT2D eigenvalue weighted by Gasteiger charge is -2.21. The van der Waals surface area contributed by atoms with Crippen molar-refractivity contribution in [1.29, 1.82) is 0 Å². The number of thiazole rings is 1. The normalized spacial score (nSPS) is 13.5. The van der Waals surface area contributed by atoms with Crippen molar-refractivity contribution in [2.45, 2.75) is 12.5 Å². The van der Waals surface area contributed by atoms with Crippen LogP contribution in [-0.2, 0) is 12.6 Å². The van der Waals surface area contributed by atoms with Gasteiger partial charge in [0, 0.05) is 29.8 Å². The van der Waals surface area contributed by atoms with Crippen LogP contribution in [0.4, 0.5) is 0 Å². The summed E-state index contributed by atoms with van der Waals surface area (Å²) in [6, 6.07) is 9.70. The van der Waals surface area contributed by atoms with E-state index in [0.717, 1.165) is 10.6 Å². The van der Waals surface area contributed by atoms with Crippen LogP contribution in [0.25, 0.3) is 10.6 Å². The van der Waals surface area contributed by atoms with E-state index in [1.54, 1.807) is 36.4 Å². The summed E-state index contributed by atoms with van der Waals surface area (Å²) in [6.45, 7) is 1.72. The molecule has 0 radical (unpaired) electrons. The van der Waals surface area contributed by atoms with Crippen molar-refractivity contribution in [3.63, 3.8) is 0 Å². The molecule has 24 heavy (non-hydrogen) atoms. The van der Waals surface area contributed by atoms with Gasteiger partial charge in [0.1, 0.15) is 16.3 Å². The van der Waals surface area contributed by atoms with Crippen LogP contribution in [0.5, 0.6) is 0 Å². The number of aromatic nitrogens is 3.